The molecule has 0 aliphatic heterocycles. The number of benzene rings is 2. The summed E-state index contributed by atoms with van der Waals surface area (Å²) in [7, 11) is 1.54. The zero-order valence-electron chi connectivity index (χ0n) is 20.1. The molecule has 0 spiro atoms. The number of rotatable bonds is 10. The molecule has 0 radical (unpaired) electrons. The molecule has 0 bridgehead atoms. The summed E-state index contributed by atoms with van der Waals surface area (Å²) in [6.07, 6.45) is 7.74. The lowest BCUT2D eigenvalue weighted by molar-refractivity contribution is -0.222. The topological polar surface area (TPSA) is 131 Å². The van der Waals surface area contributed by atoms with Crippen molar-refractivity contribution in [2.75, 3.05) is 28.4 Å². The third kappa shape index (κ3) is 7.14. The van der Waals surface area contributed by atoms with Crippen LogP contribution < -0.4 is 34.5 Å². The molecule has 9 nitrogen and oxygen atoms in total. The maximum Gasteiger partial charge on any atom is 0.320 e. The van der Waals surface area contributed by atoms with Gasteiger partial charge < -0.3 is 39.0 Å². The van der Waals surface area contributed by atoms with Crippen LogP contribution in [0, 0.1) is 0 Å². The minimum atomic E-state index is -4.55. The zero-order chi connectivity index (χ0) is 23.8. The van der Waals surface area contributed by atoms with Gasteiger partial charge in [-0.15, -0.1) is 0 Å². The average molecular weight is 495 g/mol. The Morgan fingerprint density at radius 3 is 1.91 bits per heavy atom. The Hall–Kier alpha value is -2.71. The number of phosphoric ester groups is 1. The smallest absolute Gasteiger partial charge is 0.320 e. The van der Waals surface area contributed by atoms with E-state index in [-0.39, 0.29) is 18.0 Å². The van der Waals surface area contributed by atoms with Gasteiger partial charge in [0.05, 0.1) is 34.5 Å². The fourth-order valence-electron chi connectivity index (χ4n) is 3.75. The SMILES string of the molecule is COc1ccc(/C=C\c2cc(OC)c(OC)c(OC)c2)cc1OP(=O)([O-])OC1CCCCC1.N. The van der Waals surface area contributed by atoms with Crippen molar-refractivity contribution in [1.82, 2.24) is 6.15 Å². The maximum absolute atomic E-state index is 12.5. The van der Waals surface area contributed by atoms with Crippen molar-refractivity contribution in [3.63, 3.8) is 0 Å². The summed E-state index contributed by atoms with van der Waals surface area (Å²) in [5, 5.41) is 0. The van der Waals surface area contributed by atoms with Gasteiger partial charge in [-0.2, -0.15) is 0 Å². The first-order chi connectivity index (χ1) is 15.9. The molecule has 3 rings (SSSR count). The molecule has 1 unspecified atom stereocenters. The molecule has 1 atom stereocenters. The molecular formula is C24H33NO8P-. The monoisotopic (exact) mass is 494 g/mol. The molecule has 3 N–H and O–H groups in total. The van der Waals surface area contributed by atoms with Crippen LogP contribution in [0.5, 0.6) is 28.7 Å². The quantitative estimate of drug-likeness (QED) is 0.347. The molecule has 0 heterocycles. The van der Waals surface area contributed by atoms with E-state index >= 15 is 0 Å². The molecule has 2 aromatic carbocycles. The number of methoxy groups -OCH3 is 4. The molecule has 188 valence electrons. The van der Waals surface area contributed by atoms with Gasteiger partial charge in [-0.3, -0.25) is 4.57 Å². The van der Waals surface area contributed by atoms with Crippen molar-refractivity contribution in [2.45, 2.75) is 38.2 Å². The minimum Gasteiger partial charge on any atom is -0.746 e. The van der Waals surface area contributed by atoms with Crippen LogP contribution in [-0.4, -0.2) is 34.5 Å². The summed E-state index contributed by atoms with van der Waals surface area (Å²) >= 11 is 0. The molecule has 10 heteroatoms. The summed E-state index contributed by atoms with van der Waals surface area (Å²) in [5.41, 5.74) is 1.51. The minimum absolute atomic E-state index is 0. The van der Waals surface area contributed by atoms with Crippen molar-refractivity contribution in [2.24, 2.45) is 0 Å². The lowest BCUT2D eigenvalue weighted by atomic mass is 9.98. The summed E-state index contributed by atoms with van der Waals surface area (Å²) in [6.45, 7) is 0. The predicted molar refractivity (Wildman–Crippen MR) is 129 cm³/mol. The molecule has 0 amide bonds. The van der Waals surface area contributed by atoms with Crippen LogP contribution in [0.2, 0.25) is 0 Å². The zero-order valence-corrected chi connectivity index (χ0v) is 21.0. The van der Waals surface area contributed by atoms with Crippen molar-refractivity contribution in [3.05, 3.63) is 41.5 Å². The Balaban J connectivity index is 0.00000408. The lowest BCUT2D eigenvalue weighted by Gasteiger charge is -2.30. The summed E-state index contributed by atoms with van der Waals surface area (Å²) in [5.74, 6) is 1.92. The Morgan fingerprint density at radius 2 is 1.35 bits per heavy atom. The molecule has 34 heavy (non-hydrogen) atoms. The second-order valence-electron chi connectivity index (χ2n) is 7.61. The van der Waals surface area contributed by atoms with E-state index in [4.69, 9.17) is 28.0 Å². The Morgan fingerprint density at radius 1 is 0.794 bits per heavy atom. The van der Waals surface area contributed by atoms with E-state index in [0.29, 0.717) is 41.4 Å². The Bertz CT molecular complexity index is 995. The molecule has 0 saturated heterocycles. The molecule has 1 saturated carbocycles. The molecule has 1 aliphatic carbocycles. The van der Waals surface area contributed by atoms with Gasteiger partial charge in [0.2, 0.25) is 5.75 Å². The largest absolute Gasteiger partial charge is 0.746 e. The number of ether oxygens (including phenoxy) is 4. The third-order valence-corrected chi connectivity index (χ3v) is 6.36. The van der Waals surface area contributed by atoms with Crippen molar-refractivity contribution < 1.29 is 37.5 Å². The van der Waals surface area contributed by atoms with Crippen LogP contribution in [0.1, 0.15) is 43.2 Å². The second kappa shape index (κ2) is 12.7. The average Bonchev–Trinajstić information content (AvgIpc) is 2.82. The molecule has 1 aliphatic rings. The highest BCUT2D eigenvalue weighted by molar-refractivity contribution is 7.46. The number of hydrogen-bond donors (Lipinski definition) is 1. The van der Waals surface area contributed by atoms with Gasteiger partial charge >= 0.3 is 7.82 Å². The first-order valence-electron chi connectivity index (χ1n) is 10.7. The Labute approximate surface area is 200 Å². The normalized spacial score (nSPS) is 15.8. The highest BCUT2D eigenvalue weighted by atomic mass is 31.2. The van der Waals surface area contributed by atoms with E-state index in [0.717, 1.165) is 24.8 Å². The number of hydrogen-bond acceptors (Lipinski definition) is 9. The van der Waals surface area contributed by atoms with Crippen LogP contribution in [0.25, 0.3) is 12.2 Å². The summed E-state index contributed by atoms with van der Waals surface area (Å²) in [6, 6.07) is 8.64. The fourth-order valence-corrected chi connectivity index (χ4v) is 4.76. The first-order valence-corrected chi connectivity index (χ1v) is 12.2. The van der Waals surface area contributed by atoms with Crippen molar-refractivity contribution in [1.29, 1.82) is 0 Å². The second-order valence-corrected chi connectivity index (χ2v) is 8.89. The lowest BCUT2D eigenvalue weighted by Crippen LogP contribution is -2.21. The van der Waals surface area contributed by atoms with Gasteiger partial charge in [-0.05, 0) is 48.2 Å². The highest BCUT2D eigenvalue weighted by Crippen LogP contribution is 2.46. The molecular weight excluding hydrogens is 461 g/mol. The van der Waals surface area contributed by atoms with Crippen molar-refractivity contribution in [3.8, 4) is 28.7 Å². The highest BCUT2D eigenvalue weighted by Gasteiger charge is 2.23. The van der Waals surface area contributed by atoms with Crippen LogP contribution in [-0.2, 0) is 9.09 Å². The van der Waals surface area contributed by atoms with Crippen LogP contribution in [0.15, 0.2) is 30.3 Å². The maximum atomic E-state index is 12.5. The standard InChI is InChI=1S/C24H31O8P.H3N/c1-27-20-13-12-17(10-11-18-15-22(28-2)24(30-4)23(16-18)29-3)14-21(20)32-33(25,26)31-19-8-6-5-7-9-19;/h10-16,19H,5-9H2,1-4H3,(H,25,26);1H3/p-1/b11-10-;. The van der Waals surface area contributed by atoms with Gasteiger partial charge in [-0.25, -0.2) is 0 Å². The van der Waals surface area contributed by atoms with Crippen molar-refractivity contribution >= 4 is 20.0 Å². The van der Waals surface area contributed by atoms with E-state index < -0.39 is 7.82 Å². The first kappa shape index (κ1) is 27.5. The molecule has 2 aromatic rings. The number of phosphoric acid groups is 1. The van der Waals surface area contributed by atoms with Gasteiger partial charge in [0.25, 0.3) is 0 Å². The van der Waals surface area contributed by atoms with Gasteiger partial charge in [-0.1, -0.05) is 37.5 Å². The van der Waals surface area contributed by atoms with E-state index in [2.05, 4.69) is 0 Å². The summed E-state index contributed by atoms with van der Waals surface area (Å²) in [4.78, 5) is 12.5. The van der Waals surface area contributed by atoms with E-state index in [1.807, 2.05) is 24.3 Å². The third-order valence-electron chi connectivity index (χ3n) is 5.38. The van der Waals surface area contributed by atoms with E-state index in [1.54, 1.807) is 39.5 Å². The molecule has 0 aromatic heterocycles. The predicted octanol–water partition coefficient (Wildman–Crippen LogP) is 5.25. The van der Waals surface area contributed by atoms with E-state index in [9.17, 15) is 9.46 Å². The summed E-state index contributed by atoms with van der Waals surface area (Å²) < 4.78 is 44.5. The fraction of sp³-hybridized carbons (Fsp3) is 0.417. The van der Waals surface area contributed by atoms with Crippen LogP contribution in [0.4, 0.5) is 0 Å². The molecule has 1 fully saturated rings. The van der Waals surface area contributed by atoms with Crippen LogP contribution >= 0.6 is 7.82 Å². The van der Waals surface area contributed by atoms with Gasteiger partial charge in [0, 0.05) is 0 Å². The van der Waals surface area contributed by atoms with Crippen LogP contribution in [0.3, 0.4) is 0 Å². The van der Waals surface area contributed by atoms with E-state index in [1.165, 1.54) is 7.11 Å². The van der Waals surface area contributed by atoms with Gasteiger partial charge in [0.15, 0.2) is 23.0 Å². The van der Waals surface area contributed by atoms with Gasteiger partial charge in [0.1, 0.15) is 0 Å². The Kier molecular flexibility index (Phi) is 10.3.